The van der Waals surface area contributed by atoms with Gasteiger partial charge in [-0.25, -0.2) is 0 Å². The molecule has 1 rings (SSSR count). The molecular weight excluding hydrogens is 154 g/mol. The average molecular weight is 169 g/mol. The van der Waals surface area contributed by atoms with Crippen molar-refractivity contribution in [3.63, 3.8) is 0 Å². The van der Waals surface area contributed by atoms with E-state index in [2.05, 4.69) is 29.3 Å². The highest BCUT2D eigenvalue weighted by Gasteiger charge is 2.06. The number of hydrogen-bond donors (Lipinski definition) is 1. The maximum atomic E-state index is 5.03. The third-order valence-corrected chi connectivity index (χ3v) is 1.43. The fraction of sp³-hybridized carbons (Fsp3) is 0.750. The summed E-state index contributed by atoms with van der Waals surface area (Å²) in [6.07, 6.45) is 0.858. The van der Waals surface area contributed by atoms with E-state index in [4.69, 9.17) is 4.52 Å². The summed E-state index contributed by atoms with van der Waals surface area (Å²) in [4.78, 5) is 4.20. The molecule has 0 aromatic carbocycles. The van der Waals surface area contributed by atoms with Crippen LogP contribution >= 0.6 is 0 Å². The molecule has 1 aromatic heterocycles. The molecule has 0 aliphatic heterocycles. The molecule has 1 N–H and O–H groups in total. The monoisotopic (exact) mass is 169 g/mol. The van der Waals surface area contributed by atoms with Crippen molar-refractivity contribution < 1.29 is 4.52 Å². The zero-order chi connectivity index (χ0) is 8.97. The lowest BCUT2D eigenvalue weighted by atomic mass is 10.1. The molecule has 0 spiro atoms. The SMILES string of the molecule is CNCc1noc(CC(C)C)n1. The van der Waals surface area contributed by atoms with Crippen molar-refractivity contribution in [2.45, 2.75) is 26.8 Å². The smallest absolute Gasteiger partial charge is 0.226 e. The topological polar surface area (TPSA) is 51.0 Å². The Kier molecular flexibility index (Phi) is 3.22. The quantitative estimate of drug-likeness (QED) is 0.730. The first kappa shape index (κ1) is 9.19. The molecule has 4 heteroatoms. The van der Waals surface area contributed by atoms with Crippen LogP contribution in [0.4, 0.5) is 0 Å². The number of nitrogens with one attached hydrogen (secondary N) is 1. The molecule has 1 aromatic rings. The second-order valence-electron chi connectivity index (χ2n) is 3.23. The summed E-state index contributed by atoms with van der Waals surface area (Å²) in [5, 5.41) is 6.78. The Morgan fingerprint density at radius 3 is 2.83 bits per heavy atom. The predicted octanol–water partition coefficient (Wildman–Crippen LogP) is 0.987. The summed E-state index contributed by atoms with van der Waals surface area (Å²) in [5.74, 6) is 2.02. The molecule has 0 saturated heterocycles. The summed E-state index contributed by atoms with van der Waals surface area (Å²) in [6.45, 7) is 4.92. The van der Waals surface area contributed by atoms with Gasteiger partial charge in [0.25, 0.3) is 0 Å². The van der Waals surface area contributed by atoms with Gasteiger partial charge in [-0.1, -0.05) is 19.0 Å². The summed E-state index contributed by atoms with van der Waals surface area (Å²) >= 11 is 0. The largest absolute Gasteiger partial charge is 0.339 e. The van der Waals surface area contributed by atoms with Crippen LogP contribution in [0.25, 0.3) is 0 Å². The predicted molar refractivity (Wildman–Crippen MR) is 45.6 cm³/mol. The molecule has 0 unspecified atom stereocenters. The van der Waals surface area contributed by atoms with Crippen LogP contribution < -0.4 is 5.32 Å². The van der Waals surface area contributed by atoms with Crippen LogP contribution in [0.2, 0.25) is 0 Å². The van der Waals surface area contributed by atoms with Crippen molar-refractivity contribution in [3.8, 4) is 0 Å². The molecule has 0 bridgehead atoms. The molecule has 0 amide bonds. The highest BCUT2D eigenvalue weighted by molar-refractivity contribution is 4.86. The number of aromatic nitrogens is 2. The summed E-state index contributed by atoms with van der Waals surface area (Å²) in [7, 11) is 1.86. The lowest BCUT2D eigenvalue weighted by Crippen LogP contribution is -2.06. The number of hydrogen-bond acceptors (Lipinski definition) is 4. The third-order valence-electron chi connectivity index (χ3n) is 1.43. The Labute approximate surface area is 72.4 Å². The van der Waals surface area contributed by atoms with E-state index in [0.29, 0.717) is 12.5 Å². The van der Waals surface area contributed by atoms with E-state index in [-0.39, 0.29) is 0 Å². The second kappa shape index (κ2) is 4.21. The molecule has 0 saturated carbocycles. The standard InChI is InChI=1S/C8H15N3O/c1-6(2)4-8-10-7(5-9-3)11-12-8/h6,9H,4-5H2,1-3H3. The van der Waals surface area contributed by atoms with Gasteiger partial charge in [-0.05, 0) is 13.0 Å². The van der Waals surface area contributed by atoms with Gasteiger partial charge in [0.2, 0.25) is 5.89 Å². The first-order valence-electron chi connectivity index (χ1n) is 4.18. The van der Waals surface area contributed by atoms with Crippen LogP contribution in [0.3, 0.4) is 0 Å². The van der Waals surface area contributed by atoms with E-state index >= 15 is 0 Å². The lowest BCUT2D eigenvalue weighted by molar-refractivity contribution is 0.358. The zero-order valence-corrected chi connectivity index (χ0v) is 7.79. The molecule has 0 radical (unpaired) electrons. The molecule has 12 heavy (non-hydrogen) atoms. The Hall–Kier alpha value is -0.900. The van der Waals surface area contributed by atoms with E-state index in [1.807, 2.05) is 7.05 Å². The minimum Gasteiger partial charge on any atom is -0.339 e. The molecule has 0 fully saturated rings. The van der Waals surface area contributed by atoms with Crippen molar-refractivity contribution >= 4 is 0 Å². The zero-order valence-electron chi connectivity index (χ0n) is 7.79. The Morgan fingerprint density at radius 2 is 2.25 bits per heavy atom. The van der Waals surface area contributed by atoms with Gasteiger partial charge < -0.3 is 9.84 Å². The lowest BCUT2D eigenvalue weighted by Gasteiger charge is -1.95. The fourth-order valence-corrected chi connectivity index (χ4v) is 0.952. The Morgan fingerprint density at radius 1 is 1.50 bits per heavy atom. The van der Waals surface area contributed by atoms with Gasteiger partial charge in [-0.3, -0.25) is 0 Å². The van der Waals surface area contributed by atoms with Crippen LogP contribution in [0.1, 0.15) is 25.6 Å². The highest BCUT2D eigenvalue weighted by Crippen LogP contribution is 2.04. The van der Waals surface area contributed by atoms with E-state index in [9.17, 15) is 0 Å². The maximum absolute atomic E-state index is 5.03. The van der Waals surface area contributed by atoms with Gasteiger partial charge in [0, 0.05) is 6.42 Å². The van der Waals surface area contributed by atoms with Crippen LogP contribution in [0, 0.1) is 5.92 Å². The molecule has 0 atom stereocenters. The summed E-state index contributed by atoms with van der Waals surface area (Å²) in [5.41, 5.74) is 0. The number of nitrogens with zero attached hydrogens (tertiary/aromatic N) is 2. The molecule has 68 valence electrons. The second-order valence-corrected chi connectivity index (χ2v) is 3.23. The van der Waals surface area contributed by atoms with Gasteiger partial charge in [-0.2, -0.15) is 4.98 Å². The highest BCUT2D eigenvalue weighted by atomic mass is 16.5. The Bertz CT molecular complexity index is 232. The van der Waals surface area contributed by atoms with Gasteiger partial charge in [0.05, 0.1) is 6.54 Å². The summed E-state index contributed by atoms with van der Waals surface area (Å²) < 4.78 is 5.03. The van der Waals surface area contributed by atoms with Crippen LogP contribution in [0.5, 0.6) is 0 Å². The van der Waals surface area contributed by atoms with Crippen LogP contribution in [0.15, 0.2) is 4.52 Å². The van der Waals surface area contributed by atoms with Gasteiger partial charge in [0.1, 0.15) is 0 Å². The molecular formula is C8H15N3O. The molecule has 0 aliphatic rings. The average Bonchev–Trinajstić information content (AvgIpc) is 2.36. The van der Waals surface area contributed by atoms with E-state index in [1.54, 1.807) is 0 Å². The minimum absolute atomic E-state index is 0.563. The van der Waals surface area contributed by atoms with Crippen molar-refractivity contribution in [3.05, 3.63) is 11.7 Å². The van der Waals surface area contributed by atoms with E-state index in [0.717, 1.165) is 18.1 Å². The number of rotatable bonds is 4. The van der Waals surface area contributed by atoms with Crippen LogP contribution in [-0.4, -0.2) is 17.2 Å². The molecule has 4 nitrogen and oxygen atoms in total. The van der Waals surface area contributed by atoms with E-state index < -0.39 is 0 Å². The summed E-state index contributed by atoms with van der Waals surface area (Å²) in [6, 6.07) is 0. The first-order valence-corrected chi connectivity index (χ1v) is 4.18. The van der Waals surface area contributed by atoms with E-state index in [1.165, 1.54) is 0 Å². The minimum atomic E-state index is 0.563. The van der Waals surface area contributed by atoms with Gasteiger partial charge in [-0.15, -0.1) is 0 Å². The van der Waals surface area contributed by atoms with Crippen LogP contribution in [-0.2, 0) is 13.0 Å². The molecule has 1 heterocycles. The van der Waals surface area contributed by atoms with Gasteiger partial charge >= 0.3 is 0 Å². The Balaban J connectivity index is 2.52. The van der Waals surface area contributed by atoms with Crippen molar-refractivity contribution in [1.82, 2.24) is 15.5 Å². The van der Waals surface area contributed by atoms with Crippen molar-refractivity contribution in [2.24, 2.45) is 5.92 Å². The normalized spacial score (nSPS) is 11.0. The first-order chi connectivity index (χ1) is 5.72. The molecule has 0 aliphatic carbocycles. The third kappa shape index (κ3) is 2.62. The van der Waals surface area contributed by atoms with Crippen molar-refractivity contribution in [2.75, 3.05) is 7.05 Å². The fourth-order valence-electron chi connectivity index (χ4n) is 0.952. The van der Waals surface area contributed by atoms with Gasteiger partial charge in [0.15, 0.2) is 5.82 Å². The maximum Gasteiger partial charge on any atom is 0.226 e. The van der Waals surface area contributed by atoms with Crippen molar-refractivity contribution in [1.29, 1.82) is 0 Å².